The molecule has 234 valence electrons. The highest BCUT2D eigenvalue weighted by Gasteiger charge is 2.51. The van der Waals surface area contributed by atoms with Crippen LogP contribution in [0.15, 0.2) is 0 Å². The second-order valence-corrected chi connectivity index (χ2v) is 10.6. The lowest BCUT2D eigenvalue weighted by molar-refractivity contribution is -0.332. The van der Waals surface area contributed by atoms with Gasteiger partial charge in [-0.2, -0.15) is 0 Å². The van der Waals surface area contributed by atoms with E-state index in [2.05, 4.69) is 5.32 Å². The Morgan fingerprint density at radius 2 is 1.40 bits per heavy atom. The number of amides is 1. The summed E-state index contributed by atoms with van der Waals surface area (Å²) < 4.78 is 22.5. The van der Waals surface area contributed by atoms with Gasteiger partial charge in [0.1, 0.15) is 67.1 Å². The fourth-order valence-corrected chi connectivity index (χ4v) is 5.10. The van der Waals surface area contributed by atoms with Crippen molar-refractivity contribution in [1.82, 2.24) is 5.32 Å². The zero-order valence-electron chi connectivity index (χ0n) is 22.1. The number of hydrogen-bond donors (Lipinski definition) is 12. The van der Waals surface area contributed by atoms with E-state index in [-0.39, 0.29) is 19.4 Å². The minimum atomic E-state index is -1.78. The van der Waals surface area contributed by atoms with Gasteiger partial charge in [0.05, 0.1) is 12.6 Å². The monoisotopic (exact) mass is 584 g/mol. The molecule has 3 rings (SSSR count). The van der Waals surface area contributed by atoms with Gasteiger partial charge in [-0.25, -0.2) is 0 Å². The van der Waals surface area contributed by atoms with Crippen LogP contribution in [0.5, 0.6) is 0 Å². The molecule has 1 aliphatic carbocycles. The maximum absolute atomic E-state index is 12.1. The van der Waals surface area contributed by atoms with Crippen LogP contribution in [-0.2, 0) is 23.7 Å². The Balaban J connectivity index is 1.69. The van der Waals surface area contributed by atoms with Gasteiger partial charge in [0.2, 0.25) is 5.91 Å². The molecular weight excluding hydrogens is 540 g/mol. The molecule has 2 aliphatic heterocycles. The summed E-state index contributed by atoms with van der Waals surface area (Å²) in [6, 6.07) is -3.04. The van der Waals surface area contributed by atoms with E-state index in [1.165, 1.54) is 0 Å². The molecule has 0 aromatic carbocycles. The third kappa shape index (κ3) is 7.25. The highest BCUT2D eigenvalue weighted by Crippen LogP contribution is 2.31. The predicted octanol–water partition coefficient (Wildman–Crippen LogP) is -6.97. The minimum Gasteiger partial charge on any atom is -0.394 e. The Labute approximate surface area is 230 Å². The van der Waals surface area contributed by atoms with E-state index in [1.54, 1.807) is 6.92 Å². The third-order valence-corrected chi connectivity index (χ3v) is 7.59. The number of hydrogen-bond acceptors (Lipinski definition) is 16. The highest BCUT2D eigenvalue weighted by atomic mass is 16.7. The van der Waals surface area contributed by atoms with Crippen molar-refractivity contribution in [1.29, 1.82) is 0 Å². The fourth-order valence-electron chi connectivity index (χ4n) is 5.10. The van der Waals surface area contributed by atoms with Crippen LogP contribution in [0.1, 0.15) is 26.2 Å². The Morgan fingerprint density at radius 1 is 0.850 bits per heavy atom. The first-order valence-electron chi connectivity index (χ1n) is 13.4. The molecule has 0 bridgehead atoms. The normalized spacial score (nSPS) is 47.0. The zero-order chi connectivity index (χ0) is 29.9. The van der Waals surface area contributed by atoms with Crippen LogP contribution in [0.3, 0.4) is 0 Å². The topological polar surface area (TPSA) is 306 Å². The summed E-state index contributed by atoms with van der Waals surface area (Å²) in [7, 11) is 0. The fraction of sp³-hybridized carbons (Fsp3) is 0.957. The summed E-state index contributed by atoms with van der Waals surface area (Å²) in [5, 5.41) is 84.5. The Hall–Kier alpha value is -1.13. The van der Waals surface area contributed by atoms with Crippen molar-refractivity contribution in [3.8, 4) is 0 Å². The maximum atomic E-state index is 12.1. The first-order chi connectivity index (χ1) is 18.8. The van der Waals surface area contributed by atoms with Crippen LogP contribution in [0, 0.1) is 0 Å². The Bertz CT molecular complexity index is 815. The van der Waals surface area contributed by atoms with Crippen LogP contribution in [0.25, 0.3) is 0 Å². The Kier molecular flexibility index (Phi) is 12.0. The van der Waals surface area contributed by atoms with Crippen LogP contribution in [0.2, 0.25) is 0 Å². The summed E-state index contributed by atoms with van der Waals surface area (Å²) in [4.78, 5) is 12.1. The van der Waals surface area contributed by atoms with E-state index in [1.807, 2.05) is 0 Å². The third-order valence-electron chi connectivity index (χ3n) is 7.59. The summed E-state index contributed by atoms with van der Waals surface area (Å²) in [5.41, 5.74) is 18.1. The lowest BCUT2D eigenvalue weighted by Gasteiger charge is -2.48. The molecule has 0 radical (unpaired) electrons. The van der Waals surface area contributed by atoms with Crippen molar-refractivity contribution < 1.29 is 64.6 Å². The summed E-state index contributed by atoms with van der Waals surface area (Å²) in [6.45, 7) is 0.823. The predicted molar refractivity (Wildman–Crippen MR) is 133 cm³/mol. The molecule has 3 aliphatic rings. The number of rotatable bonds is 10. The molecule has 16 atom stereocenters. The molecule has 0 aromatic rings. The van der Waals surface area contributed by atoms with E-state index in [0.29, 0.717) is 6.42 Å². The van der Waals surface area contributed by atoms with Gasteiger partial charge in [0, 0.05) is 18.6 Å². The van der Waals surface area contributed by atoms with Gasteiger partial charge in [-0.15, -0.1) is 0 Å². The lowest BCUT2D eigenvalue weighted by atomic mass is 9.84. The largest absolute Gasteiger partial charge is 0.394 e. The number of carbonyl (C=O) groups excluding carboxylic acids is 1. The Morgan fingerprint density at radius 3 is 1.95 bits per heavy atom. The minimum absolute atomic E-state index is 0.0239. The van der Waals surface area contributed by atoms with E-state index < -0.39 is 110 Å². The molecule has 0 spiro atoms. The van der Waals surface area contributed by atoms with E-state index in [0.717, 1.165) is 0 Å². The van der Waals surface area contributed by atoms with Crippen LogP contribution < -0.4 is 22.5 Å². The zero-order valence-corrected chi connectivity index (χ0v) is 22.1. The van der Waals surface area contributed by atoms with Gasteiger partial charge in [-0.1, -0.05) is 13.3 Å². The molecule has 1 saturated carbocycles. The molecule has 15 N–H and O–H groups in total. The maximum Gasteiger partial charge on any atom is 0.248 e. The second kappa shape index (κ2) is 14.4. The van der Waals surface area contributed by atoms with Crippen LogP contribution in [-0.4, -0.2) is 158 Å². The quantitative estimate of drug-likeness (QED) is 0.113. The van der Waals surface area contributed by atoms with Crippen LogP contribution >= 0.6 is 0 Å². The summed E-state index contributed by atoms with van der Waals surface area (Å²) in [5.74, 6) is -0.711. The van der Waals surface area contributed by atoms with E-state index >= 15 is 0 Å². The summed E-state index contributed by atoms with van der Waals surface area (Å²) >= 11 is 0. The number of aliphatic hydroxyl groups is 8. The first-order valence-corrected chi connectivity index (χ1v) is 13.4. The summed E-state index contributed by atoms with van der Waals surface area (Å²) in [6.07, 6.45) is -18.3. The van der Waals surface area contributed by atoms with Crippen LogP contribution in [0.4, 0.5) is 0 Å². The van der Waals surface area contributed by atoms with Gasteiger partial charge < -0.3 is 82.3 Å². The van der Waals surface area contributed by atoms with Crippen molar-refractivity contribution in [3.63, 3.8) is 0 Å². The van der Waals surface area contributed by atoms with Crippen molar-refractivity contribution in [2.75, 3.05) is 13.2 Å². The average molecular weight is 585 g/mol. The van der Waals surface area contributed by atoms with Gasteiger partial charge in [-0.05, 0) is 12.8 Å². The number of nitrogens with one attached hydrogen (secondary N) is 1. The molecule has 9 unspecified atom stereocenters. The standard InChI is InChI=1S/C23H44N4O13/c1-2-3-9(29)21(36)27-5-10-14(31)16(33)17(34)23(37-10)40-20-8(25)4-7(24)19(18(20)35)39-22-15(32)12(26)13(30)11(6-28)38-22/h7-20,22-23,28-35H,2-6,24-26H2,1H3,(H,27,36)/t7?,8-,9-,10?,11?,12?,13-,14-,15?,16?,17?,18?,19-,20?,22+,23+/m0/s1. The molecule has 1 amide bonds. The first kappa shape index (κ1) is 33.4. The second-order valence-electron chi connectivity index (χ2n) is 10.6. The molecule has 2 heterocycles. The number of ether oxygens (including phenoxy) is 4. The molecule has 40 heavy (non-hydrogen) atoms. The van der Waals surface area contributed by atoms with Crippen molar-refractivity contribution in [3.05, 3.63) is 0 Å². The molecular formula is C23H44N4O13. The van der Waals surface area contributed by atoms with Gasteiger partial charge in [-0.3, -0.25) is 4.79 Å². The van der Waals surface area contributed by atoms with Gasteiger partial charge >= 0.3 is 0 Å². The average Bonchev–Trinajstić information content (AvgIpc) is 2.92. The molecule has 17 heteroatoms. The molecule has 2 saturated heterocycles. The van der Waals surface area contributed by atoms with Crippen molar-refractivity contribution >= 4 is 5.91 Å². The molecule has 0 aromatic heterocycles. The van der Waals surface area contributed by atoms with Gasteiger partial charge in [0.15, 0.2) is 12.6 Å². The number of nitrogens with two attached hydrogens (primary N) is 3. The van der Waals surface area contributed by atoms with E-state index in [4.69, 9.17) is 36.1 Å². The van der Waals surface area contributed by atoms with E-state index in [9.17, 15) is 45.6 Å². The number of carbonyl (C=O) groups is 1. The van der Waals surface area contributed by atoms with Crippen molar-refractivity contribution in [2.45, 2.75) is 124 Å². The highest BCUT2D eigenvalue weighted by molar-refractivity contribution is 5.80. The molecule has 3 fully saturated rings. The van der Waals surface area contributed by atoms with Gasteiger partial charge in [0.25, 0.3) is 0 Å². The number of aliphatic hydroxyl groups excluding tert-OH is 8. The molecule has 17 nitrogen and oxygen atoms in total. The lowest BCUT2D eigenvalue weighted by Crippen LogP contribution is -2.68. The van der Waals surface area contributed by atoms with Crippen molar-refractivity contribution in [2.24, 2.45) is 17.2 Å². The SMILES string of the molecule is CCC[C@H](O)C(=O)NCC1O[C@H](OC2C(O)[C@@H](O[C@H]3OC(CO)[C@H](O)C(N)C3O)C(N)C[C@@H]2N)C(O)C(O)[C@H]1O. The smallest absolute Gasteiger partial charge is 0.248 e.